The van der Waals surface area contributed by atoms with E-state index in [4.69, 9.17) is 5.73 Å². The summed E-state index contributed by atoms with van der Waals surface area (Å²) in [6.07, 6.45) is 1.19. The summed E-state index contributed by atoms with van der Waals surface area (Å²) in [5.41, 5.74) is 7.21. The normalized spacial score (nSPS) is 14.1. The van der Waals surface area contributed by atoms with Crippen LogP contribution in [0, 0.1) is 11.8 Å². The van der Waals surface area contributed by atoms with Crippen LogP contribution in [-0.4, -0.2) is 24.2 Å². The zero-order valence-electron chi connectivity index (χ0n) is 12.3. The number of benzene rings is 1. The number of fused-ring (bicyclic) bond motifs is 1. The highest BCUT2D eigenvalue weighted by atomic mass is 32.2. The average Bonchev–Trinajstić information content (AvgIpc) is 2.64. The van der Waals surface area contributed by atoms with Crippen LogP contribution in [0.15, 0.2) is 23.1 Å². The number of aromatic nitrogens is 2. The van der Waals surface area contributed by atoms with Crippen LogP contribution < -0.4 is 5.73 Å². The van der Waals surface area contributed by atoms with Crippen molar-refractivity contribution in [3.05, 3.63) is 18.2 Å². The van der Waals surface area contributed by atoms with Crippen LogP contribution in [0.3, 0.4) is 0 Å². The number of imidazole rings is 1. The van der Waals surface area contributed by atoms with Crippen LogP contribution in [0.4, 0.5) is 5.95 Å². The molecule has 0 aliphatic carbocycles. The predicted molar refractivity (Wildman–Crippen MR) is 81.3 cm³/mol. The number of sulfone groups is 1. The van der Waals surface area contributed by atoms with Crippen LogP contribution in [0.2, 0.25) is 0 Å². The van der Waals surface area contributed by atoms with Gasteiger partial charge in [0.25, 0.3) is 0 Å². The lowest BCUT2D eigenvalue weighted by Crippen LogP contribution is -2.14. The average molecular weight is 295 g/mol. The fourth-order valence-corrected chi connectivity index (χ4v) is 2.96. The van der Waals surface area contributed by atoms with E-state index < -0.39 is 9.84 Å². The summed E-state index contributed by atoms with van der Waals surface area (Å²) in [6.45, 7) is 7.19. The van der Waals surface area contributed by atoms with Crippen molar-refractivity contribution in [1.29, 1.82) is 0 Å². The lowest BCUT2D eigenvalue weighted by Gasteiger charge is -2.17. The van der Waals surface area contributed by atoms with Gasteiger partial charge in [0.05, 0.1) is 10.4 Å². The molecule has 0 radical (unpaired) electrons. The van der Waals surface area contributed by atoms with E-state index in [-0.39, 0.29) is 4.90 Å². The van der Waals surface area contributed by atoms with Crippen molar-refractivity contribution in [2.24, 2.45) is 11.8 Å². The van der Waals surface area contributed by atoms with Gasteiger partial charge in [-0.2, -0.15) is 0 Å². The van der Waals surface area contributed by atoms with E-state index in [2.05, 4.69) is 25.8 Å². The largest absolute Gasteiger partial charge is 0.369 e. The van der Waals surface area contributed by atoms with Gasteiger partial charge in [-0.25, -0.2) is 13.4 Å². The van der Waals surface area contributed by atoms with Crippen molar-refractivity contribution < 1.29 is 8.42 Å². The fourth-order valence-electron chi connectivity index (χ4n) is 2.13. The molecule has 1 atom stereocenters. The number of anilines is 1. The first-order valence-electron chi connectivity index (χ1n) is 6.66. The maximum absolute atomic E-state index is 11.8. The molecular weight excluding hydrogens is 274 g/mol. The van der Waals surface area contributed by atoms with E-state index in [1.807, 2.05) is 10.6 Å². The molecule has 0 amide bonds. The Morgan fingerprint density at radius 3 is 2.50 bits per heavy atom. The van der Waals surface area contributed by atoms with Crippen LogP contribution in [0.5, 0.6) is 0 Å². The monoisotopic (exact) mass is 295 g/mol. The van der Waals surface area contributed by atoms with E-state index in [1.54, 1.807) is 12.1 Å². The lowest BCUT2D eigenvalue weighted by molar-refractivity contribution is 0.371. The third-order valence-corrected chi connectivity index (χ3v) is 4.91. The summed E-state index contributed by atoms with van der Waals surface area (Å²) in [4.78, 5) is 4.49. The first-order chi connectivity index (χ1) is 9.21. The van der Waals surface area contributed by atoms with Gasteiger partial charge in [-0.05, 0) is 24.0 Å². The Bertz CT molecular complexity index is 732. The molecule has 2 aromatic rings. The van der Waals surface area contributed by atoms with E-state index in [9.17, 15) is 8.42 Å². The first kappa shape index (κ1) is 14.8. The van der Waals surface area contributed by atoms with Gasteiger partial charge in [0.2, 0.25) is 5.95 Å². The molecule has 0 saturated heterocycles. The number of nitrogens with zero attached hydrogens (tertiary/aromatic N) is 2. The highest BCUT2D eigenvalue weighted by molar-refractivity contribution is 7.91. The summed E-state index contributed by atoms with van der Waals surface area (Å²) in [7, 11) is -3.31. The first-order valence-corrected chi connectivity index (χ1v) is 8.55. The fraction of sp³-hybridized carbons (Fsp3) is 0.500. The van der Waals surface area contributed by atoms with Gasteiger partial charge in [0.15, 0.2) is 9.84 Å². The van der Waals surface area contributed by atoms with Gasteiger partial charge >= 0.3 is 0 Å². The van der Waals surface area contributed by atoms with Gasteiger partial charge in [-0.3, -0.25) is 0 Å². The minimum atomic E-state index is -3.31. The van der Waals surface area contributed by atoms with Crippen LogP contribution in [0.25, 0.3) is 11.0 Å². The van der Waals surface area contributed by atoms with Crippen molar-refractivity contribution in [2.45, 2.75) is 32.2 Å². The molecule has 20 heavy (non-hydrogen) atoms. The maximum atomic E-state index is 11.8. The minimum Gasteiger partial charge on any atom is -0.369 e. The molecular formula is C14H21N3O2S. The van der Waals surface area contributed by atoms with Gasteiger partial charge in [-0.15, -0.1) is 0 Å². The Hall–Kier alpha value is -1.56. The summed E-state index contributed by atoms with van der Waals surface area (Å²) in [6, 6.07) is 5.16. The van der Waals surface area contributed by atoms with Crippen LogP contribution in [-0.2, 0) is 16.4 Å². The number of nitrogens with two attached hydrogens (primary N) is 1. The summed E-state index contributed by atoms with van der Waals surface area (Å²) >= 11 is 0. The quantitative estimate of drug-likeness (QED) is 0.939. The topological polar surface area (TPSA) is 78.0 Å². The molecule has 1 aromatic heterocycles. The molecule has 1 aromatic carbocycles. The molecule has 110 valence electrons. The lowest BCUT2D eigenvalue weighted by atomic mass is 9.98. The van der Waals surface area contributed by atoms with Crippen molar-refractivity contribution in [3.63, 3.8) is 0 Å². The molecule has 2 N–H and O–H groups in total. The molecule has 0 saturated carbocycles. The molecule has 5 nitrogen and oxygen atoms in total. The number of hydrogen-bond acceptors (Lipinski definition) is 4. The van der Waals surface area contributed by atoms with Gasteiger partial charge in [0, 0.05) is 12.8 Å². The van der Waals surface area contributed by atoms with Gasteiger partial charge in [0.1, 0.15) is 5.52 Å². The van der Waals surface area contributed by atoms with E-state index in [0.717, 1.165) is 12.1 Å². The summed E-state index contributed by atoms with van der Waals surface area (Å²) in [5, 5.41) is 0. The Labute approximate surface area is 119 Å². The third kappa shape index (κ3) is 2.65. The molecule has 1 heterocycles. The molecule has 6 heteroatoms. The smallest absolute Gasteiger partial charge is 0.201 e. The zero-order valence-corrected chi connectivity index (χ0v) is 13.1. The second kappa shape index (κ2) is 5.09. The number of para-hydroxylation sites is 1. The summed E-state index contributed by atoms with van der Waals surface area (Å²) in [5.74, 6) is 1.31. The van der Waals surface area contributed by atoms with Gasteiger partial charge in [-0.1, -0.05) is 26.8 Å². The Balaban J connectivity index is 2.61. The van der Waals surface area contributed by atoms with Crippen LogP contribution in [0.1, 0.15) is 20.8 Å². The molecule has 0 spiro atoms. The maximum Gasteiger partial charge on any atom is 0.201 e. The highest BCUT2D eigenvalue weighted by Gasteiger charge is 2.19. The van der Waals surface area contributed by atoms with Crippen LogP contribution >= 0.6 is 0 Å². The second-order valence-electron chi connectivity index (χ2n) is 5.70. The van der Waals surface area contributed by atoms with E-state index >= 15 is 0 Å². The van der Waals surface area contributed by atoms with E-state index in [0.29, 0.717) is 23.3 Å². The molecule has 0 bridgehead atoms. The van der Waals surface area contributed by atoms with Crippen molar-refractivity contribution in [3.8, 4) is 0 Å². The standard InChI is InChI=1S/C14H21N3O2S/c1-9(2)10(3)8-17-11-6-5-7-12(20(4,18)19)13(11)16-14(17)15/h5-7,9-10H,8H2,1-4H3,(H2,15,16). The Kier molecular flexibility index (Phi) is 3.77. The Morgan fingerprint density at radius 1 is 1.30 bits per heavy atom. The molecule has 0 aliphatic rings. The SMILES string of the molecule is CC(C)C(C)Cn1c(N)nc2c(S(C)(=O)=O)cccc21. The minimum absolute atomic E-state index is 0.234. The highest BCUT2D eigenvalue weighted by Crippen LogP contribution is 2.26. The molecule has 1 unspecified atom stereocenters. The number of rotatable bonds is 4. The predicted octanol–water partition coefficient (Wildman–Crippen LogP) is 2.31. The number of nitrogen functional groups attached to an aromatic ring is 1. The zero-order chi connectivity index (χ0) is 15.1. The van der Waals surface area contributed by atoms with Crippen molar-refractivity contribution in [2.75, 3.05) is 12.0 Å². The van der Waals surface area contributed by atoms with E-state index in [1.165, 1.54) is 6.26 Å². The molecule has 0 fully saturated rings. The molecule has 0 aliphatic heterocycles. The van der Waals surface area contributed by atoms with Gasteiger partial charge < -0.3 is 10.3 Å². The Morgan fingerprint density at radius 2 is 1.95 bits per heavy atom. The van der Waals surface area contributed by atoms with Crippen molar-refractivity contribution in [1.82, 2.24) is 9.55 Å². The van der Waals surface area contributed by atoms with Crippen molar-refractivity contribution >= 4 is 26.8 Å². The molecule has 2 rings (SSSR count). The summed E-state index contributed by atoms with van der Waals surface area (Å²) < 4.78 is 25.5. The second-order valence-corrected chi connectivity index (χ2v) is 7.68. The number of hydrogen-bond donors (Lipinski definition) is 1. The third-order valence-electron chi connectivity index (χ3n) is 3.78.